The van der Waals surface area contributed by atoms with Crippen molar-refractivity contribution in [2.75, 3.05) is 13.1 Å². The molecule has 2 aromatic heterocycles. The normalized spacial score (nSPS) is 15.0. The Morgan fingerprint density at radius 3 is 2.48 bits per heavy atom. The molecule has 8 heteroatoms. The average molecular weight is 431 g/mol. The van der Waals surface area contributed by atoms with E-state index in [9.17, 15) is 4.79 Å². The molecule has 0 spiro atoms. The number of aryl methyl sites for hydroxylation is 2. The van der Waals surface area contributed by atoms with Gasteiger partial charge in [-0.25, -0.2) is 9.97 Å². The fraction of sp³-hybridized carbons (Fsp3) is 0.333. The van der Waals surface area contributed by atoms with Crippen molar-refractivity contribution in [3.05, 3.63) is 63.3 Å². The average Bonchev–Trinajstić information content (AvgIpc) is 3.14. The maximum Gasteiger partial charge on any atom is 0.256 e. The van der Waals surface area contributed by atoms with Gasteiger partial charge in [0, 0.05) is 31.3 Å². The van der Waals surface area contributed by atoms with Crippen LogP contribution in [0.5, 0.6) is 0 Å². The summed E-state index contributed by atoms with van der Waals surface area (Å²) in [4.78, 5) is 23.8. The minimum atomic E-state index is -0.135. The van der Waals surface area contributed by atoms with Crippen LogP contribution in [0.2, 0.25) is 10.0 Å². The van der Waals surface area contributed by atoms with Crippen LogP contribution in [0.25, 0.3) is 11.3 Å². The van der Waals surface area contributed by atoms with E-state index >= 15 is 0 Å². The van der Waals surface area contributed by atoms with Gasteiger partial charge in [0.2, 0.25) is 0 Å². The zero-order chi connectivity index (χ0) is 20.5. The molecule has 1 amide bonds. The third-order valence-electron chi connectivity index (χ3n) is 5.18. The second kappa shape index (κ2) is 8.13. The van der Waals surface area contributed by atoms with Crippen LogP contribution >= 0.6 is 23.2 Å². The summed E-state index contributed by atoms with van der Waals surface area (Å²) in [6.07, 6.45) is 3.35. The molecule has 1 aliphatic rings. The van der Waals surface area contributed by atoms with Gasteiger partial charge in [-0.1, -0.05) is 34.4 Å². The predicted molar refractivity (Wildman–Crippen MR) is 111 cm³/mol. The number of benzene rings is 1. The van der Waals surface area contributed by atoms with Crippen LogP contribution in [0.15, 0.2) is 35.0 Å². The number of aromatic nitrogens is 3. The predicted octanol–water partition coefficient (Wildman–Crippen LogP) is 5.08. The Hall–Kier alpha value is -2.44. The van der Waals surface area contributed by atoms with Gasteiger partial charge in [-0.15, -0.1) is 0 Å². The summed E-state index contributed by atoms with van der Waals surface area (Å²) in [7, 11) is 0. The number of halogens is 2. The monoisotopic (exact) mass is 430 g/mol. The number of carbonyl (C=O) groups excluding carboxylic acids is 1. The summed E-state index contributed by atoms with van der Waals surface area (Å²) in [5.74, 6) is 1.44. The smallest absolute Gasteiger partial charge is 0.256 e. The summed E-state index contributed by atoms with van der Waals surface area (Å²) in [5.41, 5.74) is 2.97. The number of rotatable bonds is 3. The van der Waals surface area contributed by atoms with Crippen LogP contribution in [0.1, 0.15) is 46.3 Å². The minimum Gasteiger partial charge on any atom is -0.356 e. The Balaban J connectivity index is 1.55. The lowest BCUT2D eigenvalue weighted by Crippen LogP contribution is -2.38. The highest BCUT2D eigenvalue weighted by Crippen LogP contribution is 2.35. The number of piperidine rings is 1. The summed E-state index contributed by atoms with van der Waals surface area (Å²) >= 11 is 12.4. The van der Waals surface area contributed by atoms with E-state index in [1.54, 1.807) is 29.3 Å². The van der Waals surface area contributed by atoms with Crippen molar-refractivity contribution in [3.63, 3.8) is 0 Å². The van der Waals surface area contributed by atoms with Crippen molar-refractivity contribution in [2.45, 2.75) is 32.6 Å². The summed E-state index contributed by atoms with van der Waals surface area (Å²) in [5, 5.41) is 4.73. The molecule has 0 radical (unpaired) electrons. The molecule has 1 aliphatic heterocycles. The Morgan fingerprint density at radius 2 is 1.86 bits per heavy atom. The van der Waals surface area contributed by atoms with Crippen molar-refractivity contribution in [1.29, 1.82) is 0 Å². The van der Waals surface area contributed by atoms with E-state index < -0.39 is 0 Å². The first-order chi connectivity index (χ1) is 13.9. The number of amides is 1. The second-order valence-electron chi connectivity index (χ2n) is 7.21. The molecule has 0 bridgehead atoms. The molecule has 4 rings (SSSR count). The Bertz CT molecular complexity index is 1040. The molecule has 29 heavy (non-hydrogen) atoms. The van der Waals surface area contributed by atoms with Crippen molar-refractivity contribution in [3.8, 4) is 11.3 Å². The molecule has 0 unspecified atom stereocenters. The standard InChI is InChI=1S/C21H20Cl2N4O2/c1-12-10-18(29-26-12)15-11-24-13(2)25-20(15)14-6-8-27(9-7-14)21(28)19-16(22)4-3-5-17(19)23/h3-5,10-11,14H,6-9H2,1-2H3. The lowest BCUT2D eigenvalue weighted by atomic mass is 9.90. The highest BCUT2D eigenvalue weighted by molar-refractivity contribution is 6.39. The molecular formula is C21H20Cl2N4O2. The number of hydrogen-bond acceptors (Lipinski definition) is 5. The number of nitrogens with zero attached hydrogens (tertiary/aromatic N) is 4. The lowest BCUT2D eigenvalue weighted by Gasteiger charge is -2.32. The van der Waals surface area contributed by atoms with Gasteiger partial charge in [0.1, 0.15) is 5.82 Å². The van der Waals surface area contributed by atoms with Crippen molar-refractivity contribution < 1.29 is 9.32 Å². The van der Waals surface area contributed by atoms with Crippen molar-refractivity contribution in [1.82, 2.24) is 20.0 Å². The van der Waals surface area contributed by atoms with E-state index in [0.717, 1.165) is 29.8 Å². The van der Waals surface area contributed by atoms with E-state index in [2.05, 4.69) is 10.1 Å². The van der Waals surface area contributed by atoms with Gasteiger partial charge in [0.15, 0.2) is 5.76 Å². The van der Waals surface area contributed by atoms with Crippen LogP contribution in [0.4, 0.5) is 0 Å². The van der Waals surface area contributed by atoms with Gasteiger partial charge in [0.25, 0.3) is 5.91 Å². The van der Waals surface area contributed by atoms with Gasteiger partial charge < -0.3 is 9.42 Å². The third kappa shape index (κ3) is 4.00. The molecule has 6 nitrogen and oxygen atoms in total. The summed E-state index contributed by atoms with van der Waals surface area (Å²) in [6, 6.07) is 6.99. The first-order valence-corrected chi connectivity index (χ1v) is 10.2. The molecule has 1 saturated heterocycles. The van der Waals surface area contributed by atoms with E-state index in [1.807, 2.05) is 19.9 Å². The molecule has 1 fully saturated rings. The van der Waals surface area contributed by atoms with Gasteiger partial charge in [-0.2, -0.15) is 0 Å². The van der Waals surface area contributed by atoms with Crippen molar-refractivity contribution in [2.24, 2.45) is 0 Å². The summed E-state index contributed by atoms with van der Waals surface area (Å²) in [6.45, 7) is 4.95. The second-order valence-corrected chi connectivity index (χ2v) is 8.03. The maximum atomic E-state index is 12.9. The van der Waals surface area contributed by atoms with Gasteiger partial charge >= 0.3 is 0 Å². The van der Waals surface area contributed by atoms with Gasteiger partial charge in [-0.3, -0.25) is 4.79 Å². The number of hydrogen-bond donors (Lipinski definition) is 0. The zero-order valence-electron chi connectivity index (χ0n) is 16.2. The molecule has 3 aromatic rings. The molecular weight excluding hydrogens is 411 g/mol. The van der Waals surface area contributed by atoms with Crippen molar-refractivity contribution >= 4 is 29.1 Å². The molecule has 0 aliphatic carbocycles. The van der Waals surface area contributed by atoms with Crippen LogP contribution in [0, 0.1) is 13.8 Å². The van der Waals surface area contributed by atoms with E-state index in [1.165, 1.54) is 0 Å². The van der Waals surface area contributed by atoms with Gasteiger partial charge in [0.05, 0.1) is 32.6 Å². The molecule has 150 valence electrons. The zero-order valence-corrected chi connectivity index (χ0v) is 17.7. The van der Waals surface area contributed by atoms with Crippen LogP contribution in [-0.2, 0) is 0 Å². The molecule has 1 aromatic carbocycles. The van der Waals surface area contributed by atoms with E-state index in [0.29, 0.717) is 40.3 Å². The number of carbonyl (C=O) groups is 1. The topological polar surface area (TPSA) is 72.1 Å². The minimum absolute atomic E-state index is 0.135. The fourth-order valence-electron chi connectivity index (χ4n) is 3.70. The first-order valence-electron chi connectivity index (χ1n) is 9.44. The Labute approximate surface area is 178 Å². The molecule has 3 heterocycles. The van der Waals surface area contributed by atoms with Crippen LogP contribution in [-0.4, -0.2) is 39.0 Å². The maximum absolute atomic E-state index is 12.9. The summed E-state index contributed by atoms with van der Waals surface area (Å²) < 4.78 is 5.44. The third-order valence-corrected chi connectivity index (χ3v) is 5.81. The molecule has 0 saturated carbocycles. The van der Waals surface area contributed by atoms with E-state index in [-0.39, 0.29) is 11.8 Å². The fourth-order valence-corrected chi connectivity index (χ4v) is 4.25. The largest absolute Gasteiger partial charge is 0.356 e. The molecule has 0 atom stereocenters. The van der Waals surface area contributed by atoms with E-state index in [4.69, 9.17) is 32.7 Å². The molecule has 0 N–H and O–H groups in total. The number of likely N-dealkylation sites (tertiary alicyclic amines) is 1. The van der Waals surface area contributed by atoms with Crippen LogP contribution in [0.3, 0.4) is 0 Å². The highest BCUT2D eigenvalue weighted by Gasteiger charge is 2.29. The quantitative estimate of drug-likeness (QED) is 0.579. The Morgan fingerprint density at radius 1 is 1.17 bits per heavy atom. The van der Waals surface area contributed by atoms with Crippen LogP contribution < -0.4 is 0 Å². The van der Waals surface area contributed by atoms with Gasteiger partial charge in [-0.05, 0) is 38.8 Å². The lowest BCUT2D eigenvalue weighted by molar-refractivity contribution is 0.0712. The Kier molecular flexibility index (Phi) is 5.56. The first kappa shape index (κ1) is 19.9. The SMILES string of the molecule is Cc1cc(-c2cnc(C)nc2C2CCN(C(=O)c3c(Cl)cccc3Cl)CC2)on1. The highest BCUT2D eigenvalue weighted by atomic mass is 35.5.